The van der Waals surface area contributed by atoms with Crippen molar-refractivity contribution in [1.82, 2.24) is 5.06 Å². The molecule has 1 atom stereocenters. The largest absolute Gasteiger partial charge is 0.376 e. The maximum Gasteiger partial charge on any atom is 0.169 e. The van der Waals surface area contributed by atoms with E-state index >= 15 is 0 Å². The van der Waals surface area contributed by atoms with Crippen LogP contribution in [-0.4, -0.2) is 37.8 Å². The Labute approximate surface area is 53.2 Å². The molecule has 4 nitrogen and oxygen atoms in total. The van der Waals surface area contributed by atoms with Crippen molar-refractivity contribution in [2.75, 3.05) is 26.6 Å². The van der Waals surface area contributed by atoms with E-state index in [0.717, 1.165) is 13.2 Å². The molecule has 2 fully saturated rings. The van der Waals surface area contributed by atoms with Gasteiger partial charge in [-0.3, -0.25) is 4.84 Å². The van der Waals surface area contributed by atoms with Crippen molar-refractivity contribution in [3.8, 4) is 0 Å². The summed E-state index contributed by atoms with van der Waals surface area (Å²) >= 11 is 0. The number of morpholine rings is 1. The number of hydrogen-bond acceptors (Lipinski definition) is 4. The first-order chi connectivity index (χ1) is 4.47. The molecule has 2 heterocycles. The minimum absolute atomic E-state index is 0.0544. The van der Waals surface area contributed by atoms with Crippen LogP contribution in [0.5, 0.6) is 0 Å². The average molecular weight is 131 g/mol. The maximum absolute atomic E-state index is 5.14. The molecule has 0 N–H and O–H groups in total. The highest BCUT2D eigenvalue weighted by Gasteiger charge is 2.29. The van der Waals surface area contributed by atoms with E-state index in [4.69, 9.17) is 14.3 Å². The van der Waals surface area contributed by atoms with Crippen molar-refractivity contribution in [2.45, 2.75) is 6.23 Å². The van der Waals surface area contributed by atoms with Crippen LogP contribution in [0.2, 0.25) is 0 Å². The third-order valence-corrected chi connectivity index (χ3v) is 1.52. The Kier molecular flexibility index (Phi) is 1.39. The summed E-state index contributed by atoms with van der Waals surface area (Å²) < 4.78 is 10.3. The van der Waals surface area contributed by atoms with Crippen LogP contribution < -0.4 is 0 Å². The lowest BCUT2D eigenvalue weighted by molar-refractivity contribution is -0.180. The van der Waals surface area contributed by atoms with Gasteiger partial charge in [0.05, 0.1) is 19.8 Å². The molecule has 52 valence electrons. The normalized spacial score (nSPS) is 36.7. The van der Waals surface area contributed by atoms with Gasteiger partial charge in [0.15, 0.2) is 13.0 Å². The zero-order chi connectivity index (χ0) is 6.10. The molecule has 2 rings (SSSR count). The van der Waals surface area contributed by atoms with Crippen LogP contribution >= 0.6 is 0 Å². The highest BCUT2D eigenvalue weighted by atomic mass is 16.9. The van der Waals surface area contributed by atoms with Crippen LogP contribution in [-0.2, 0) is 14.3 Å². The molecule has 0 aliphatic carbocycles. The fourth-order valence-corrected chi connectivity index (χ4v) is 1.02. The minimum atomic E-state index is 0.0544. The Morgan fingerprint density at radius 2 is 2.44 bits per heavy atom. The number of ether oxygens (including phenoxy) is 2. The predicted octanol–water partition coefficient (Wildman–Crippen LogP) is -0.436. The van der Waals surface area contributed by atoms with Crippen LogP contribution in [0.3, 0.4) is 0 Å². The SMILES string of the molecule is C1CN2OCOC2CO1. The van der Waals surface area contributed by atoms with Crippen molar-refractivity contribution in [1.29, 1.82) is 0 Å². The van der Waals surface area contributed by atoms with Gasteiger partial charge >= 0.3 is 0 Å². The topological polar surface area (TPSA) is 30.9 Å². The van der Waals surface area contributed by atoms with Gasteiger partial charge in [-0.15, -0.1) is 0 Å². The van der Waals surface area contributed by atoms with Crippen LogP contribution in [0.15, 0.2) is 0 Å². The number of rotatable bonds is 0. The summed E-state index contributed by atoms with van der Waals surface area (Å²) in [5.74, 6) is 0. The van der Waals surface area contributed by atoms with Gasteiger partial charge in [-0.25, -0.2) is 0 Å². The Balaban J connectivity index is 1.97. The smallest absolute Gasteiger partial charge is 0.169 e. The highest BCUT2D eigenvalue weighted by Crippen LogP contribution is 2.14. The zero-order valence-electron chi connectivity index (χ0n) is 5.08. The van der Waals surface area contributed by atoms with Gasteiger partial charge in [0.25, 0.3) is 0 Å². The predicted molar refractivity (Wildman–Crippen MR) is 28.3 cm³/mol. The maximum atomic E-state index is 5.14. The average Bonchev–Trinajstić information content (AvgIpc) is 2.33. The van der Waals surface area contributed by atoms with Gasteiger partial charge in [-0.05, 0) is 0 Å². The number of fused-ring (bicyclic) bond motifs is 1. The summed E-state index contributed by atoms with van der Waals surface area (Å²) in [6.07, 6.45) is 0.0544. The van der Waals surface area contributed by atoms with E-state index in [-0.39, 0.29) is 6.23 Å². The first kappa shape index (κ1) is 5.61. The molecule has 0 amide bonds. The van der Waals surface area contributed by atoms with Gasteiger partial charge in [-0.1, -0.05) is 0 Å². The Bertz CT molecular complexity index is 96.4. The van der Waals surface area contributed by atoms with Gasteiger partial charge in [0, 0.05) is 0 Å². The molecule has 0 bridgehead atoms. The summed E-state index contributed by atoms with van der Waals surface area (Å²) in [4.78, 5) is 5.09. The van der Waals surface area contributed by atoms with E-state index < -0.39 is 0 Å². The third-order valence-electron chi connectivity index (χ3n) is 1.52. The standard InChI is InChI=1S/C5H9NO3/c1-2-7-3-5-6(1)9-4-8-5/h5H,1-4H2. The third kappa shape index (κ3) is 0.943. The van der Waals surface area contributed by atoms with Crippen molar-refractivity contribution >= 4 is 0 Å². The molecule has 9 heavy (non-hydrogen) atoms. The van der Waals surface area contributed by atoms with Gasteiger partial charge in [0.2, 0.25) is 0 Å². The lowest BCUT2D eigenvalue weighted by Crippen LogP contribution is -2.40. The second-order valence-electron chi connectivity index (χ2n) is 2.08. The fraction of sp³-hybridized carbons (Fsp3) is 1.00. The first-order valence-corrected chi connectivity index (χ1v) is 3.06. The van der Waals surface area contributed by atoms with Crippen molar-refractivity contribution < 1.29 is 14.3 Å². The summed E-state index contributed by atoms with van der Waals surface area (Å²) in [5, 5.41) is 1.82. The summed E-state index contributed by atoms with van der Waals surface area (Å²) in [5.41, 5.74) is 0. The zero-order valence-corrected chi connectivity index (χ0v) is 5.08. The minimum Gasteiger partial charge on any atom is -0.376 e. The summed E-state index contributed by atoms with van der Waals surface area (Å²) in [6.45, 7) is 2.60. The van der Waals surface area contributed by atoms with Crippen LogP contribution in [0.25, 0.3) is 0 Å². The highest BCUT2D eigenvalue weighted by molar-refractivity contribution is 4.61. The molecule has 0 aromatic carbocycles. The van der Waals surface area contributed by atoms with Crippen LogP contribution in [0.1, 0.15) is 0 Å². The summed E-state index contributed by atoms with van der Waals surface area (Å²) in [7, 11) is 0. The van der Waals surface area contributed by atoms with E-state index in [1.807, 2.05) is 5.06 Å². The quantitative estimate of drug-likeness (QED) is 0.446. The Morgan fingerprint density at radius 3 is 3.33 bits per heavy atom. The van der Waals surface area contributed by atoms with E-state index in [9.17, 15) is 0 Å². The van der Waals surface area contributed by atoms with Crippen molar-refractivity contribution in [2.24, 2.45) is 0 Å². The van der Waals surface area contributed by atoms with E-state index in [0.29, 0.717) is 13.4 Å². The fourth-order valence-electron chi connectivity index (χ4n) is 1.02. The van der Waals surface area contributed by atoms with Crippen molar-refractivity contribution in [3.63, 3.8) is 0 Å². The van der Waals surface area contributed by atoms with Gasteiger partial charge < -0.3 is 9.47 Å². The Morgan fingerprint density at radius 1 is 1.44 bits per heavy atom. The molecule has 0 spiro atoms. The number of hydrogen-bond donors (Lipinski definition) is 0. The van der Waals surface area contributed by atoms with Crippen LogP contribution in [0, 0.1) is 0 Å². The number of nitrogens with zero attached hydrogens (tertiary/aromatic N) is 1. The molecule has 4 heteroatoms. The van der Waals surface area contributed by atoms with Crippen molar-refractivity contribution in [3.05, 3.63) is 0 Å². The van der Waals surface area contributed by atoms with Crippen LogP contribution in [0.4, 0.5) is 0 Å². The Hall–Kier alpha value is -0.160. The van der Waals surface area contributed by atoms with E-state index in [1.165, 1.54) is 0 Å². The number of hydroxylamine groups is 2. The first-order valence-electron chi connectivity index (χ1n) is 3.06. The molecule has 2 saturated heterocycles. The molecular weight excluding hydrogens is 122 g/mol. The monoisotopic (exact) mass is 131 g/mol. The molecule has 0 radical (unpaired) electrons. The van der Waals surface area contributed by atoms with E-state index in [1.54, 1.807) is 0 Å². The lowest BCUT2D eigenvalue weighted by atomic mass is 10.5. The van der Waals surface area contributed by atoms with Gasteiger partial charge in [-0.2, -0.15) is 5.06 Å². The molecule has 2 aliphatic rings. The molecular formula is C5H9NO3. The second kappa shape index (κ2) is 2.22. The second-order valence-corrected chi connectivity index (χ2v) is 2.08. The molecule has 1 unspecified atom stereocenters. The van der Waals surface area contributed by atoms with E-state index in [2.05, 4.69) is 0 Å². The molecule has 0 saturated carbocycles. The molecule has 2 aliphatic heterocycles. The molecule has 0 aromatic rings. The van der Waals surface area contributed by atoms with Gasteiger partial charge in [0.1, 0.15) is 0 Å². The molecule has 0 aromatic heterocycles. The lowest BCUT2D eigenvalue weighted by Gasteiger charge is -2.24. The summed E-state index contributed by atoms with van der Waals surface area (Å²) in [6, 6.07) is 0.